The minimum absolute atomic E-state index is 0.166. The maximum Gasteiger partial charge on any atom is 0.412 e. The van der Waals surface area contributed by atoms with E-state index in [9.17, 15) is 14.7 Å². The summed E-state index contributed by atoms with van der Waals surface area (Å²) in [5.41, 5.74) is 2.23. The molecule has 0 unspecified atom stereocenters. The molecule has 0 spiro atoms. The normalized spacial score (nSPS) is 24.0. The van der Waals surface area contributed by atoms with Crippen LogP contribution in [0, 0.1) is 5.41 Å². The number of aromatic nitrogens is 2. The fraction of sp³-hybridized carbons (Fsp3) is 0.600. The number of aryl methyl sites for hydroxylation is 1. The molecule has 9 heteroatoms. The summed E-state index contributed by atoms with van der Waals surface area (Å²) in [6.07, 6.45) is 7.40. The first kappa shape index (κ1) is 24.0. The predicted molar refractivity (Wildman–Crippen MR) is 128 cm³/mol. The molecule has 0 atom stereocenters. The highest BCUT2D eigenvalue weighted by atomic mass is 16.6. The molecule has 0 aromatic carbocycles. The van der Waals surface area contributed by atoms with E-state index >= 15 is 0 Å². The van der Waals surface area contributed by atoms with Crippen molar-refractivity contribution in [2.75, 3.05) is 12.4 Å². The molecule has 0 aliphatic heterocycles. The summed E-state index contributed by atoms with van der Waals surface area (Å²) in [6.45, 7) is 5.47. The predicted octanol–water partition coefficient (Wildman–Crippen LogP) is 5.28. The van der Waals surface area contributed by atoms with Crippen molar-refractivity contribution in [3.8, 4) is 5.88 Å². The summed E-state index contributed by atoms with van der Waals surface area (Å²) in [5, 5.41) is 14.9. The molecule has 3 N–H and O–H groups in total. The Morgan fingerprint density at radius 3 is 2.38 bits per heavy atom. The van der Waals surface area contributed by atoms with E-state index in [0.717, 1.165) is 56.0 Å². The fourth-order valence-electron chi connectivity index (χ4n) is 5.43. The number of nitrogens with one attached hydrogen (secondary N) is 2. The highest BCUT2D eigenvalue weighted by Crippen LogP contribution is 2.54. The monoisotopic (exact) mass is 470 g/mol. The Morgan fingerprint density at radius 1 is 1.12 bits per heavy atom. The maximum absolute atomic E-state index is 12.5. The van der Waals surface area contributed by atoms with Crippen LogP contribution in [0.25, 0.3) is 11.0 Å². The van der Waals surface area contributed by atoms with E-state index < -0.39 is 17.8 Å². The maximum atomic E-state index is 12.5. The largest absolute Gasteiger partial charge is 0.481 e. The van der Waals surface area contributed by atoms with Crippen molar-refractivity contribution >= 4 is 28.9 Å². The molecule has 184 valence electrons. The lowest BCUT2D eigenvalue weighted by atomic mass is 9.55. The van der Waals surface area contributed by atoms with Crippen molar-refractivity contribution in [1.82, 2.24) is 15.3 Å². The van der Waals surface area contributed by atoms with Crippen LogP contribution in [0.4, 0.5) is 15.3 Å². The van der Waals surface area contributed by atoms with Gasteiger partial charge in [-0.2, -0.15) is 0 Å². The number of fused-ring (bicyclic) bond motifs is 4. The van der Waals surface area contributed by atoms with E-state index in [1.807, 2.05) is 26.8 Å². The Kier molecular flexibility index (Phi) is 6.31. The summed E-state index contributed by atoms with van der Waals surface area (Å²) >= 11 is 0. The summed E-state index contributed by atoms with van der Waals surface area (Å²) < 4.78 is 10.8. The molecule has 0 saturated heterocycles. The highest BCUT2D eigenvalue weighted by Gasteiger charge is 2.49. The van der Waals surface area contributed by atoms with Crippen molar-refractivity contribution in [3.63, 3.8) is 0 Å². The zero-order valence-electron chi connectivity index (χ0n) is 20.4. The summed E-state index contributed by atoms with van der Waals surface area (Å²) in [4.78, 5) is 32.9. The van der Waals surface area contributed by atoms with Crippen LogP contribution in [0.2, 0.25) is 0 Å². The van der Waals surface area contributed by atoms with E-state index in [1.54, 1.807) is 19.4 Å². The molecule has 2 amide bonds. The summed E-state index contributed by atoms with van der Waals surface area (Å²) in [5.74, 6) is 0.489. The number of methoxy groups -OCH3 is 1. The Morgan fingerprint density at radius 2 is 1.79 bits per heavy atom. The number of hydrogen-bond donors (Lipinski definition) is 3. The van der Waals surface area contributed by atoms with Crippen LogP contribution in [0.15, 0.2) is 18.3 Å². The molecule has 0 radical (unpaired) electrons. The lowest BCUT2D eigenvalue weighted by Gasteiger charge is -2.53. The molecular weight excluding hydrogens is 436 g/mol. The zero-order chi connectivity index (χ0) is 24.6. The number of amides is 2. The van der Waals surface area contributed by atoms with Crippen LogP contribution in [0.3, 0.4) is 0 Å². The molecule has 2 aromatic rings. The minimum Gasteiger partial charge on any atom is -0.481 e. The van der Waals surface area contributed by atoms with Gasteiger partial charge >= 0.3 is 12.2 Å². The summed E-state index contributed by atoms with van der Waals surface area (Å²) in [6, 6.07) is 3.64. The summed E-state index contributed by atoms with van der Waals surface area (Å²) in [7, 11) is 1.57. The Bertz CT molecular complexity index is 1070. The Hall–Kier alpha value is -3.10. The standard InChI is InChI=1S/C25H34N4O5/c1-23(2,3)34-22(32)27-18-15-26-17-5-6-19(33-4)28-20(17)16(18)7-8-24-9-12-25(13-10-24,14-11-24)29-21(30)31/h5-6,15,29H,7-14H2,1-4H3,(H,27,32)(H,30,31). The van der Waals surface area contributed by atoms with Crippen molar-refractivity contribution in [2.45, 2.75) is 83.3 Å². The van der Waals surface area contributed by atoms with Crippen molar-refractivity contribution in [3.05, 3.63) is 23.9 Å². The third kappa shape index (κ3) is 5.18. The molecule has 9 nitrogen and oxygen atoms in total. The average molecular weight is 471 g/mol. The van der Waals surface area contributed by atoms with Gasteiger partial charge in [0.1, 0.15) is 5.60 Å². The van der Waals surface area contributed by atoms with E-state index in [0.29, 0.717) is 23.5 Å². The van der Waals surface area contributed by atoms with E-state index in [1.165, 1.54) is 0 Å². The third-order valence-corrected chi connectivity index (χ3v) is 7.32. The van der Waals surface area contributed by atoms with Gasteiger partial charge in [-0.15, -0.1) is 0 Å². The van der Waals surface area contributed by atoms with Gasteiger partial charge in [0.05, 0.1) is 30.0 Å². The van der Waals surface area contributed by atoms with E-state index in [-0.39, 0.29) is 11.0 Å². The number of hydrogen-bond acceptors (Lipinski definition) is 6. The second kappa shape index (κ2) is 8.92. The lowest BCUT2D eigenvalue weighted by Crippen LogP contribution is -2.56. The van der Waals surface area contributed by atoms with Crippen LogP contribution in [-0.2, 0) is 11.2 Å². The first-order valence-corrected chi connectivity index (χ1v) is 11.9. The molecule has 3 aliphatic rings. The van der Waals surface area contributed by atoms with Crippen LogP contribution in [-0.4, -0.2) is 45.5 Å². The minimum atomic E-state index is -0.935. The van der Waals surface area contributed by atoms with Crippen molar-refractivity contribution in [2.24, 2.45) is 5.41 Å². The first-order chi connectivity index (χ1) is 16.0. The number of anilines is 1. The highest BCUT2D eigenvalue weighted by molar-refractivity contribution is 5.91. The number of nitrogens with zero attached hydrogens (tertiary/aromatic N) is 2. The number of pyridine rings is 2. The Labute approximate surface area is 199 Å². The smallest absolute Gasteiger partial charge is 0.412 e. The van der Waals surface area contributed by atoms with Gasteiger partial charge in [0.2, 0.25) is 5.88 Å². The third-order valence-electron chi connectivity index (χ3n) is 7.32. The van der Waals surface area contributed by atoms with Gasteiger partial charge in [-0.3, -0.25) is 10.3 Å². The number of carbonyl (C=O) groups excluding carboxylic acids is 1. The van der Waals surface area contributed by atoms with Gasteiger partial charge in [0.25, 0.3) is 0 Å². The average Bonchev–Trinajstić information content (AvgIpc) is 2.77. The molecular formula is C25H34N4O5. The molecule has 34 heavy (non-hydrogen) atoms. The Balaban J connectivity index is 1.59. The lowest BCUT2D eigenvalue weighted by molar-refractivity contribution is 0.0190. The second-order valence-electron chi connectivity index (χ2n) is 10.7. The van der Waals surface area contributed by atoms with Gasteiger partial charge in [-0.25, -0.2) is 14.6 Å². The van der Waals surface area contributed by atoms with Crippen LogP contribution in [0.5, 0.6) is 5.88 Å². The SMILES string of the molecule is COc1ccc2ncc(NC(=O)OC(C)(C)C)c(CCC34CCC(NC(=O)O)(CC3)CC4)c2n1. The molecule has 5 rings (SSSR count). The molecule has 2 heterocycles. The van der Waals surface area contributed by atoms with Crippen LogP contribution in [0.1, 0.15) is 71.3 Å². The first-order valence-electron chi connectivity index (χ1n) is 11.9. The van der Waals surface area contributed by atoms with Crippen molar-refractivity contribution < 1.29 is 24.2 Å². The number of carbonyl (C=O) groups is 2. The van der Waals surface area contributed by atoms with Gasteiger partial charge in [0, 0.05) is 17.2 Å². The molecule has 2 aromatic heterocycles. The van der Waals surface area contributed by atoms with Crippen LogP contribution >= 0.6 is 0 Å². The van der Waals surface area contributed by atoms with Gasteiger partial charge < -0.3 is 19.9 Å². The van der Waals surface area contributed by atoms with Gasteiger partial charge in [-0.05, 0) is 83.6 Å². The van der Waals surface area contributed by atoms with Gasteiger partial charge in [-0.1, -0.05) is 0 Å². The quantitative estimate of drug-likeness (QED) is 0.525. The molecule has 3 saturated carbocycles. The number of carboxylic acid groups (broad SMARTS) is 1. The van der Waals surface area contributed by atoms with Crippen molar-refractivity contribution in [1.29, 1.82) is 0 Å². The molecule has 3 aliphatic carbocycles. The fourth-order valence-corrected chi connectivity index (χ4v) is 5.43. The van der Waals surface area contributed by atoms with E-state index in [4.69, 9.17) is 9.47 Å². The zero-order valence-corrected chi connectivity index (χ0v) is 20.4. The number of rotatable bonds is 6. The second-order valence-corrected chi connectivity index (χ2v) is 10.7. The molecule has 2 bridgehead atoms. The topological polar surface area (TPSA) is 123 Å². The van der Waals surface area contributed by atoms with Gasteiger partial charge in [0.15, 0.2) is 0 Å². The van der Waals surface area contributed by atoms with E-state index in [2.05, 4.69) is 20.6 Å². The number of ether oxygens (including phenoxy) is 2. The van der Waals surface area contributed by atoms with Crippen LogP contribution < -0.4 is 15.4 Å². The molecule has 3 fully saturated rings.